The molecule has 0 N–H and O–H groups in total. The highest BCUT2D eigenvalue weighted by Crippen LogP contribution is 2.34. The molecule has 1 fully saturated rings. The van der Waals surface area contributed by atoms with Crippen LogP contribution in [-0.4, -0.2) is 6.10 Å². The summed E-state index contributed by atoms with van der Waals surface area (Å²) in [4.78, 5) is 0. The minimum absolute atomic E-state index is 0.406. The summed E-state index contributed by atoms with van der Waals surface area (Å²) in [7, 11) is 0. The first-order valence-corrected chi connectivity index (χ1v) is 8.72. The molecule has 1 saturated carbocycles. The number of ether oxygens (including phenoxy) is 1. The summed E-state index contributed by atoms with van der Waals surface area (Å²) < 4.78 is 6.32. The molecule has 0 atom stereocenters. The number of hydrogen-bond donors (Lipinski definition) is 0. The zero-order chi connectivity index (χ0) is 15.2. The fourth-order valence-corrected chi connectivity index (χ4v) is 3.25. The molecular formula is C21H26O. The molecule has 116 valence electrons. The van der Waals surface area contributed by atoms with Crippen LogP contribution in [0.15, 0.2) is 48.5 Å². The van der Waals surface area contributed by atoms with E-state index in [0.717, 1.165) is 12.2 Å². The molecular weight excluding hydrogens is 268 g/mol. The van der Waals surface area contributed by atoms with Gasteiger partial charge in [0.1, 0.15) is 5.75 Å². The van der Waals surface area contributed by atoms with Crippen LogP contribution in [0.4, 0.5) is 0 Å². The molecule has 22 heavy (non-hydrogen) atoms. The van der Waals surface area contributed by atoms with Crippen molar-refractivity contribution in [3.8, 4) is 16.9 Å². The third-order valence-electron chi connectivity index (χ3n) is 4.54. The van der Waals surface area contributed by atoms with Gasteiger partial charge in [-0.25, -0.2) is 0 Å². The van der Waals surface area contributed by atoms with Crippen LogP contribution in [0.2, 0.25) is 0 Å². The molecule has 1 aliphatic carbocycles. The van der Waals surface area contributed by atoms with Gasteiger partial charge in [-0.3, -0.25) is 0 Å². The zero-order valence-electron chi connectivity index (χ0n) is 13.6. The first-order valence-electron chi connectivity index (χ1n) is 8.72. The van der Waals surface area contributed by atoms with Crippen molar-refractivity contribution in [2.24, 2.45) is 0 Å². The van der Waals surface area contributed by atoms with E-state index in [4.69, 9.17) is 4.74 Å². The van der Waals surface area contributed by atoms with Crippen molar-refractivity contribution in [2.75, 3.05) is 0 Å². The van der Waals surface area contributed by atoms with Gasteiger partial charge in [-0.1, -0.05) is 49.7 Å². The van der Waals surface area contributed by atoms with Crippen LogP contribution in [0.3, 0.4) is 0 Å². The summed E-state index contributed by atoms with van der Waals surface area (Å²) >= 11 is 0. The highest BCUT2D eigenvalue weighted by atomic mass is 16.5. The summed E-state index contributed by atoms with van der Waals surface area (Å²) in [5.74, 6) is 1.05. The molecule has 1 aliphatic rings. The van der Waals surface area contributed by atoms with Gasteiger partial charge in [0.05, 0.1) is 6.10 Å². The average Bonchev–Trinajstić information content (AvgIpc) is 3.08. The first-order chi connectivity index (χ1) is 10.9. The number of benzene rings is 2. The normalized spacial score (nSPS) is 15.1. The Morgan fingerprint density at radius 3 is 2.50 bits per heavy atom. The minimum atomic E-state index is 0.406. The Bertz CT molecular complexity index is 582. The lowest BCUT2D eigenvalue weighted by molar-refractivity contribution is 0.211. The SMILES string of the molecule is CCCCc1ccc(OC2CCCC2)c(-c2ccccc2)c1. The van der Waals surface area contributed by atoms with Gasteiger partial charge < -0.3 is 4.74 Å². The topological polar surface area (TPSA) is 9.23 Å². The first kappa shape index (κ1) is 15.1. The lowest BCUT2D eigenvalue weighted by Crippen LogP contribution is -2.11. The molecule has 0 bridgehead atoms. The maximum absolute atomic E-state index is 6.32. The summed E-state index contributed by atoms with van der Waals surface area (Å²) in [6.45, 7) is 2.25. The standard InChI is InChI=1S/C21H26O/c1-2-3-9-17-14-15-21(22-19-12-7-8-13-19)20(16-17)18-10-5-4-6-11-18/h4-6,10-11,14-16,19H,2-3,7-9,12-13H2,1H3. The zero-order valence-corrected chi connectivity index (χ0v) is 13.6. The summed E-state index contributed by atoms with van der Waals surface area (Å²) in [5.41, 5.74) is 3.93. The lowest BCUT2D eigenvalue weighted by atomic mass is 9.99. The van der Waals surface area contributed by atoms with E-state index in [2.05, 4.69) is 55.5 Å². The van der Waals surface area contributed by atoms with Gasteiger partial charge in [-0.15, -0.1) is 0 Å². The van der Waals surface area contributed by atoms with Crippen LogP contribution in [0.25, 0.3) is 11.1 Å². The van der Waals surface area contributed by atoms with Crippen LogP contribution in [0.1, 0.15) is 51.0 Å². The van der Waals surface area contributed by atoms with E-state index in [9.17, 15) is 0 Å². The molecule has 1 heteroatoms. The van der Waals surface area contributed by atoms with Gasteiger partial charge in [0, 0.05) is 5.56 Å². The number of rotatable bonds is 6. The molecule has 1 nitrogen and oxygen atoms in total. The van der Waals surface area contributed by atoms with E-state index in [-0.39, 0.29) is 0 Å². The monoisotopic (exact) mass is 294 g/mol. The Labute approximate surface area is 134 Å². The second-order valence-corrected chi connectivity index (χ2v) is 6.32. The molecule has 0 unspecified atom stereocenters. The van der Waals surface area contributed by atoms with Crippen molar-refractivity contribution in [1.82, 2.24) is 0 Å². The minimum Gasteiger partial charge on any atom is -0.490 e. The van der Waals surface area contributed by atoms with Crippen molar-refractivity contribution >= 4 is 0 Å². The van der Waals surface area contributed by atoms with Gasteiger partial charge >= 0.3 is 0 Å². The second kappa shape index (κ2) is 7.49. The van der Waals surface area contributed by atoms with Crippen molar-refractivity contribution < 1.29 is 4.74 Å². The van der Waals surface area contributed by atoms with E-state index in [1.165, 1.54) is 55.2 Å². The van der Waals surface area contributed by atoms with E-state index >= 15 is 0 Å². The third kappa shape index (κ3) is 3.71. The Morgan fingerprint density at radius 2 is 1.77 bits per heavy atom. The van der Waals surface area contributed by atoms with Crippen molar-refractivity contribution in [3.63, 3.8) is 0 Å². The molecule has 0 aliphatic heterocycles. The average molecular weight is 294 g/mol. The maximum Gasteiger partial charge on any atom is 0.127 e. The molecule has 0 radical (unpaired) electrons. The summed E-state index contributed by atoms with van der Waals surface area (Å²) in [5, 5.41) is 0. The number of hydrogen-bond acceptors (Lipinski definition) is 1. The highest BCUT2D eigenvalue weighted by molar-refractivity contribution is 5.71. The second-order valence-electron chi connectivity index (χ2n) is 6.32. The molecule has 0 saturated heterocycles. The van der Waals surface area contributed by atoms with Gasteiger partial charge in [0.2, 0.25) is 0 Å². The lowest BCUT2D eigenvalue weighted by Gasteiger charge is -2.18. The molecule has 0 amide bonds. The third-order valence-corrected chi connectivity index (χ3v) is 4.54. The van der Waals surface area contributed by atoms with E-state index in [0.29, 0.717) is 6.10 Å². The predicted molar refractivity (Wildman–Crippen MR) is 93.4 cm³/mol. The largest absolute Gasteiger partial charge is 0.490 e. The Kier molecular flexibility index (Phi) is 5.15. The molecule has 2 aromatic carbocycles. The highest BCUT2D eigenvalue weighted by Gasteiger charge is 2.18. The number of aryl methyl sites for hydroxylation is 1. The molecule has 0 spiro atoms. The van der Waals surface area contributed by atoms with Crippen molar-refractivity contribution in [2.45, 2.75) is 58.0 Å². The molecule has 0 heterocycles. The van der Waals surface area contributed by atoms with Crippen LogP contribution in [-0.2, 0) is 6.42 Å². The molecule has 2 aromatic rings. The van der Waals surface area contributed by atoms with Gasteiger partial charge in [-0.05, 0) is 61.8 Å². The predicted octanol–water partition coefficient (Wildman–Crippen LogP) is 6.02. The van der Waals surface area contributed by atoms with Gasteiger partial charge in [-0.2, -0.15) is 0 Å². The summed E-state index contributed by atoms with van der Waals surface area (Å²) in [6, 6.07) is 17.4. The van der Waals surface area contributed by atoms with E-state index < -0.39 is 0 Å². The Balaban J connectivity index is 1.89. The van der Waals surface area contributed by atoms with Crippen LogP contribution >= 0.6 is 0 Å². The Hall–Kier alpha value is -1.76. The fraction of sp³-hybridized carbons (Fsp3) is 0.429. The quantitative estimate of drug-likeness (QED) is 0.633. The van der Waals surface area contributed by atoms with Crippen LogP contribution < -0.4 is 4.74 Å². The van der Waals surface area contributed by atoms with Crippen molar-refractivity contribution in [1.29, 1.82) is 0 Å². The molecule has 0 aromatic heterocycles. The maximum atomic E-state index is 6.32. The Morgan fingerprint density at radius 1 is 1.00 bits per heavy atom. The van der Waals surface area contributed by atoms with Gasteiger partial charge in [0.25, 0.3) is 0 Å². The van der Waals surface area contributed by atoms with E-state index in [1.54, 1.807) is 0 Å². The molecule has 3 rings (SSSR count). The fourth-order valence-electron chi connectivity index (χ4n) is 3.25. The van der Waals surface area contributed by atoms with Crippen molar-refractivity contribution in [3.05, 3.63) is 54.1 Å². The van der Waals surface area contributed by atoms with E-state index in [1.807, 2.05) is 0 Å². The van der Waals surface area contributed by atoms with Crippen LogP contribution in [0, 0.1) is 0 Å². The van der Waals surface area contributed by atoms with Crippen LogP contribution in [0.5, 0.6) is 5.75 Å². The smallest absolute Gasteiger partial charge is 0.127 e. The number of unbranched alkanes of at least 4 members (excludes halogenated alkanes) is 1. The van der Waals surface area contributed by atoms with Gasteiger partial charge in [0.15, 0.2) is 0 Å². The summed E-state index contributed by atoms with van der Waals surface area (Å²) in [6.07, 6.45) is 9.05.